The topological polar surface area (TPSA) is 164 Å². The van der Waals surface area contributed by atoms with Gasteiger partial charge in [-0.1, -0.05) is 60.3 Å². The quantitative estimate of drug-likeness (QED) is 0.196. The lowest BCUT2D eigenvalue weighted by Gasteiger charge is -2.31. The van der Waals surface area contributed by atoms with Gasteiger partial charge in [0, 0.05) is 10.5 Å². The van der Waals surface area contributed by atoms with Crippen LogP contribution in [0.4, 0.5) is 4.79 Å². The maximum absolute atomic E-state index is 12.3. The van der Waals surface area contributed by atoms with E-state index in [0.717, 1.165) is 17.8 Å². The van der Waals surface area contributed by atoms with E-state index in [1.807, 2.05) is 0 Å². The van der Waals surface area contributed by atoms with Crippen molar-refractivity contribution in [1.82, 2.24) is 0 Å². The number of carboxylic acid groups (broad SMARTS) is 3. The first-order valence-corrected chi connectivity index (χ1v) is 11.3. The molecule has 0 heterocycles. The Bertz CT molecular complexity index is 1580. The van der Waals surface area contributed by atoms with Crippen LogP contribution in [-0.4, -0.2) is 39.3 Å². The van der Waals surface area contributed by atoms with E-state index in [4.69, 9.17) is 10.5 Å². The highest BCUT2D eigenvalue weighted by atomic mass is 32.2. The summed E-state index contributed by atoms with van der Waals surface area (Å²) in [7, 11) is 0. The minimum absolute atomic E-state index is 0.0331. The Morgan fingerprint density at radius 1 is 0.722 bits per heavy atom. The van der Waals surface area contributed by atoms with Gasteiger partial charge in [-0.25, -0.2) is 19.2 Å². The van der Waals surface area contributed by atoms with E-state index in [9.17, 15) is 34.5 Å². The van der Waals surface area contributed by atoms with E-state index in [-0.39, 0.29) is 33.0 Å². The monoisotopic (exact) mass is 505 g/mol. The smallest absolute Gasteiger partial charge is 0.406 e. The predicted octanol–water partition coefficient (Wildman–Crippen LogP) is 5.15. The molecule has 1 amide bonds. The number of primary amides is 1. The summed E-state index contributed by atoms with van der Waals surface area (Å²) in [4.78, 5) is 46.7. The normalized spacial score (nSPS) is 12.7. The third kappa shape index (κ3) is 4.29. The number of aromatic carboxylic acids is 3. The number of amides is 1. The molecule has 0 spiro atoms. The van der Waals surface area contributed by atoms with Crippen molar-refractivity contribution < 1.29 is 39.2 Å². The fourth-order valence-corrected chi connectivity index (χ4v) is 5.57. The minimum Gasteiger partial charge on any atom is -0.478 e. The Morgan fingerprint density at radius 2 is 1.22 bits per heavy atom. The van der Waals surface area contributed by atoms with E-state index >= 15 is 0 Å². The molecule has 0 aliphatic carbocycles. The molecule has 9 nitrogen and oxygen atoms in total. The number of ether oxygens (including phenoxy) is 1. The lowest BCUT2D eigenvalue weighted by molar-refractivity contribution is 0.0670. The number of rotatable bonds is 7. The molecule has 0 aromatic heterocycles. The van der Waals surface area contributed by atoms with Crippen LogP contribution >= 0.6 is 11.8 Å². The van der Waals surface area contributed by atoms with Gasteiger partial charge in [0.15, 0.2) is 4.93 Å². The zero-order chi connectivity index (χ0) is 26.2. The molecule has 0 saturated carbocycles. The number of hydrogen-bond donors (Lipinski definition) is 4. The van der Waals surface area contributed by atoms with E-state index < -0.39 is 28.9 Å². The van der Waals surface area contributed by atoms with Gasteiger partial charge >= 0.3 is 24.0 Å². The first-order chi connectivity index (χ1) is 17.0. The SMILES string of the molecule is CC(OC(N)=O)(Sc1ccc(C(=O)O)c2ccccc12)c1c(C(=O)O)cc(C(=O)O)c2ccccc12. The number of carbonyl (C=O) groups is 4. The maximum Gasteiger partial charge on any atom is 0.406 e. The van der Waals surface area contributed by atoms with Gasteiger partial charge in [-0.3, -0.25) is 0 Å². The van der Waals surface area contributed by atoms with Crippen LogP contribution in [0.25, 0.3) is 21.5 Å². The Labute approximate surface area is 208 Å². The second-order valence-corrected chi connectivity index (χ2v) is 9.36. The van der Waals surface area contributed by atoms with Gasteiger partial charge in [-0.05, 0) is 46.7 Å². The van der Waals surface area contributed by atoms with Crippen LogP contribution in [0.1, 0.15) is 43.6 Å². The highest BCUT2D eigenvalue weighted by Gasteiger charge is 2.39. The third-order valence-electron chi connectivity index (χ3n) is 5.67. The van der Waals surface area contributed by atoms with E-state index in [0.29, 0.717) is 15.7 Å². The Balaban J connectivity index is 2.05. The van der Waals surface area contributed by atoms with Gasteiger partial charge in [-0.15, -0.1) is 0 Å². The minimum atomic E-state index is -1.75. The highest BCUT2D eigenvalue weighted by Crippen LogP contribution is 2.49. The zero-order valence-electron chi connectivity index (χ0n) is 18.7. The number of fused-ring (bicyclic) bond motifs is 2. The molecule has 1 atom stereocenters. The summed E-state index contributed by atoms with van der Waals surface area (Å²) in [5.74, 6) is -3.87. The van der Waals surface area contributed by atoms with Gasteiger partial charge in [0.2, 0.25) is 0 Å². The van der Waals surface area contributed by atoms with Crippen LogP contribution in [0.15, 0.2) is 71.6 Å². The number of carbonyl (C=O) groups excluding carboxylic acids is 1. The average molecular weight is 506 g/mol. The first kappa shape index (κ1) is 24.6. The van der Waals surface area contributed by atoms with Crippen molar-refractivity contribution in [3.05, 3.63) is 89.0 Å². The lowest BCUT2D eigenvalue weighted by atomic mass is 9.91. The van der Waals surface area contributed by atoms with Gasteiger partial charge in [0.25, 0.3) is 0 Å². The van der Waals surface area contributed by atoms with Crippen molar-refractivity contribution >= 4 is 57.3 Å². The van der Waals surface area contributed by atoms with Crippen LogP contribution in [0.3, 0.4) is 0 Å². The average Bonchev–Trinajstić information content (AvgIpc) is 2.82. The number of benzene rings is 4. The number of thioether (sulfide) groups is 1. The van der Waals surface area contributed by atoms with E-state index in [1.165, 1.54) is 25.1 Å². The summed E-state index contributed by atoms with van der Waals surface area (Å²) < 4.78 is 5.53. The summed E-state index contributed by atoms with van der Waals surface area (Å²) in [5.41, 5.74) is 4.89. The Kier molecular flexibility index (Phi) is 6.30. The molecule has 4 aromatic carbocycles. The molecule has 4 rings (SSSR count). The lowest BCUT2D eigenvalue weighted by Crippen LogP contribution is -2.31. The molecular formula is C26H19NO8S. The first-order valence-electron chi connectivity index (χ1n) is 10.5. The molecule has 4 aromatic rings. The summed E-state index contributed by atoms with van der Waals surface area (Å²) in [6, 6.07) is 17.0. The molecule has 0 aliphatic heterocycles. The highest BCUT2D eigenvalue weighted by molar-refractivity contribution is 8.00. The second kappa shape index (κ2) is 9.23. The molecule has 36 heavy (non-hydrogen) atoms. The van der Waals surface area contributed by atoms with Crippen molar-refractivity contribution in [3.8, 4) is 0 Å². The van der Waals surface area contributed by atoms with Crippen molar-refractivity contribution in [2.45, 2.75) is 16.8 Å². The molecule has 1 unspecified atom stereocenters. The van der Waals surface area contributed by atoms with Gasteiger partial charge in [0.1, 0.15) is 0 Å². The van der Waals surface area contributed by atoms with Crippen LogP contribution in [0.5, 0.6) is 0 Å². The van der Waals surface area contributed by atoms with Crippen molar-refractivity contribution in [1.29, 1.82) is 0 Å². The second-order valence-electron chi connectivity index (χ2n) is 7.93. The summed E-state index contributed by atoms with van der Waals surface area (Å²) >= 11 is 0.956. The van der Waals surface area contributed by atoms with E-state index in [1.54, 1.807) is 42.5 Å². The maximum atomic E-state index is 12.3. The molecule has 0 radical (unpaired) electrons. The van der Waals surface area contributed by atoms with E-state index in [2.05, 4.69) is 0 Å². The molecule has 0 saturated heterocycles. The number of hydrogen-bond acceptors (Lipinski definition) is 6. The Hall–Kier alpha value is -4.57. The number of carboxylic acids is 3. The van der Waals surface area contributed by atoms with Crippen LogP contribution in [-0.2, 0) is 9.67 Å². The molecule has 0 aliphatic rings. The molecule has 0 bridgehead atoms. The summed E-state index contributed by atoms with van der Waals surface area (Å²) in [5, 5.41) is 30.8. The Morgan fingerprint density at radius 3 is 1.75 bits per heavy atom. The van der Waals surface area contributed by atoms with Crippen molar-refractivity contribution in [2.24, 2.45) is 5.73 Å². The molecule has 10 heteroatoms. The fraction of sp³-hybridized carbons (Fsp3) is 0.0769. The third-order valence-corrected chi connectivity index (χ3v) is 6.93. The predicted molar refractivity (Wildman–Crippen MR) is 133 cm³/mol. The molecular weight excluding hydrogens is 486 g/mol. The van der Waals surface area contributed by atoms with Gasteiger partial charge in [0.05, 0.1) is 16.7 Å². The van der Waals surface area contributed by atoms with Crippen LogP contribution in [0.2, 0.25) is 0 Å². The fourth-order valence-electron chi connectivity index (χ4n) is 4.28. The van der Waals surface area contributed by atoms with Crippen LogP contribution < -0.4 is 5.73 Å². The largest absolute Gasteiger partial charge is 0.478 e. The van der Waals surface area contributed by atoms with Crippen LogP contribution in [0, 0.1) is 0 Å². The molecule has 5 N–H and O–H groups in total. The van der Waals surface area contributed by atoms with Crippen molar-refractivity contribution in [2.75, 3.05) is 0 Å². The van der Waals surface area contributed by atoms with Crippen molar-refractivity contribution in [3.63, 3.8) is 0 Å². The van der Waals surface area contributed by atoms with Gasteiger partial charge < -0.3 is 25.8 Å². The zero-order valence-corrected chi connectivity index (χ0v) is 19.5. The number of nitrogens with two attached hydrogens (primary N) is 1. The summed E-state index contributed by atoms with van der Waals surface area (Å²) in [6.45, 7) is 1.46. The summed E-state index contributed by atoms with van der Waals surface area (Å²) in [6.07, 6.45) is -1.18. The molecule has 182 valence electrons. The molecule has 0 fully saturated rings. The van der Waals surface area contributed by atoms with Gasteiger partial charge in [-0.2, -0.15) is 0 Å². The standard InChI is InChI=1S/C26H19NO8S/c1-26(35-25(27)34,36-20-11-10-17(22(28)29)13-6-2-4-8-15(13)20)21-16-9-5-3-7-14(16)18(23(30)31)12-19(21)24(32)33/h2-12H,1H3,(H2,27,34)(H,28,29)(H,30,31)(H,32,33).